The molecule has 0 spiro atoms. The molecule has 0 unspecified atom stereocenters. The molecule has 4 nitrogen and oxygen atoms in total. The van der Waals surface area contributed by atoms with Crippen molar-refractivity contribution >= 4 is 15.9 Å². The van der Waals surface area contributed by atoms with Gasteiger partial charge in [-0.15, -0.1) is 0 Å². The van der Waals surface area contributed by atoms with Gasteiger partial charge in [0.15, 0.2) is 0 Å². The van der Waals surface area contributed by atoms with Gasteiger partial charge in [-0.1, -0.05) is 28.1 Å². The van der Waals surface area contributed by atoms with Crippen LogP contribution in [0.1, 0.15) is 16.8 Å². The van der Waals surface area contributed by atoms with Crippen molar-refractivity contribution in [1.29, 1.82) is 5.26 Å². The molecule has 5 heteroatoms. The van der Waals surface area contributed by atoms with Crippen molar-refractivity contribution in [2.75, 3.05) is 0 Å². The predicted molar refractivity (Wildman–Crippen MR) is 71.8 cm³/mol. The minimum absolute atomic E-state index is 0.511. The fourth-order valence-electron chi connectivity index (χ4n) is 1.71. The molecule has 1 aromatic carbocycles. The predicted octanol–water partition coefficient (Wildman–Crippen LogP) is 3.29. The van der Waals surface area contributed by atoms with Gasteiger partial charge in [0, 0.05) is 17.9 Å². The van der Waals surface area contributed by atoms with Gasteiger partial charge in [0.1, 0.15) is 11.8 Å². The van der Waals surface area contributed by atoms with E-state index in [1.54, 1.807) is 16.8 Å². The Balaban J connectivity index is 2.43. The van der Waals surface area contributed by atoms with Crippen molar-refractivity contribution in [1.82, 2.24) is 9.78 Å². The number of hydrogen-bond donors (Lipinski definition) is 0. The maximum Gasteiger partial charge on any atom is 0.221 e. The van der Waals surface area contributed by atoms with Gasteiger partial charge in [-0.2, -0.15) is 10.4 Å². The van der Waals surface area contributed by atoms with Crippen LogP contribution >= 0.6 is 15.9 Å². The molecule has 0 aliphatic carbocycles. The number of benzene rings is 1. The summed E-state index contributed by atoms with van der Waals surface area (Å²) in [6.07, 6.45) is 0. The molecule has 0 saturated carbocycles. The Labute approximate surface area is 114 Å². The van der Waals surface area contributed by atoms with Crippen molar-refractivity contribution in [3.8, 4) is 17.7 Å². The molecule has 0 bridgehead atoms. The standard InChI is InChI=1S/C13H12BrN3O/c1-9-11(7-14)13(17(2)16-9)18-12-6-4-3-5-10(12)8-15/h3-6H,7H2,1-2H3. The van der Waals surface area contributed by atoms with Crippen LogP contribution in [0.4, 0.5) is 0 Å². The van der Waals surface area contributed by atoms with E-state index in [4.69, 9.17) is 10.00 Å². The Bertz CT molecular complexity index is 613. The van der Waals surface area contributed by atoms with Gasteiger partial charge in [-0.05, 0) is 19.1 Å². The van der Waals surface area contributed by atoms with Gasteiger partial charge in [-0.25, -0.2) is 4.68 Å². The number of nitriles is 1. The molecule has 0 radical (unpaired) electrons. The summed E-state index contributed by atoms with van der Waals surface area (Å²) < 4.78 is 7.50. The first-order chi connectivity index (χ1) is 8.67. The highest BCUT2D eigenvalue weighted by atomic mass is 79.9. The van der Waals surface area contributed by atoms with E-state index in [9.17, 15) is 0 Å². The summed E-state index contributed by atoms with van der Waals surface area (Å²) in [5.74, 6) is 1.21. The van der Waals surface area contributed by atoms with Gasteiger partial charge in [-0.3, -0.25) is 0 Å². The number of para-hydroxylation sites is 1. The molecular weight excluding hydrogens is 294 g/mol. The minimum Gasteiger partial charge on any atom is -0.438 e. The summed E-state index contributed by atoms with van der Waals surface area (Å²) in [6, 6.07) is 9.27. The molecule has 92 valence electrons. The SMILES string of the molecule is Cc1nn(C)c(Oc2ccccc2C#N)c1CBr. The third kappa shape index (κ3) is 2.24. The quantitative estimate of drug-likeness (QED) is 0.818. The highest BCUT2D eigenvalue weighted by Crippen LogP contribution is 2.30. The van der Waals surface area contributed by atoms with Gasteiger partial charge < -0.3 is 4.74 Å². The molecule has 1 heterocycles. The van der Waals surface area contributed by atoms with Crippen LogP contribution in [0.25, 0.3) is 0 Å². The lowest BCUT2D eigenvalue weighted by molar-refractivity contribution is 0.426. The second kappa shape index (κ2) is 5.23. The fourth-order valence-corrected chi connectivity index (χ4v) is 2.36. The van der Waals surface area contributed by atoms with E-state index < -0.39 is 0 Å². The first-order valence-corrected chi connectivity index (χ1v) is 6.55. The molecule has 0 atom stereocenters. The Hall–Kier alpha value is -1.80. The largest absolute Gasteiger partial charge is 0.438 e. The number of ether oxygens (including phenoxy) is 1. The second-order valence-electron chi connectivity index (χ2n) is 3.84. The summed E-state index contributed by atoms with van der Waals surface area (Å²) in [6.45, 7) is 1.93. The minimum atomic E-state index is 0.511. The highest BCUT2D eigenvalue weighted by molar-refractivity contribution is 9.08. The van der Waals surface area contributed by atoms with Gasteiger partial charge >= 0.3 is 0 Å². The topological polar surface area (TPSA) is 50.8 Å². The van der Waals surface area contributed by atoms with Gasteiger partial charge in [0.25, 0.3) is 0 Å². The zero-order valence-corrected chi connectivity index (χ0v) is 11.7. The van der Waals surface area contributed by atoms with Crippen LogP contribution in [-0.2, 0) is 12.4 Å². The van der Waals surface area contributed by atoms with E-state index in [0.29, 0.717) is 22.5 Å². The van der Waals surface area contributed by atoms with Crippen molar-refractivity contribution < 1.29 is 4.74 Å². The summed E-state index contributed by atoms with van der Waals surface area (Å²) in [5.41, 5.74) is 2.42. The smallest absolute Gasteiger partial charge is 0.221 e. The molecule has 0 fully saturated rings. The average Bonchev–Trinajstić information content (AvgIpc) is 2.64. The van der Waals surface area contributed by atoms with E-state index in [1.807, 2.05) is 26.1 Å². The first kappa shape index (κ1) is 12.7. The molecule has 0 saturated heterocycles. The lowest BCUT2D eigenvalue weighted by atomic mass is 10.2. The molecule has 2 aromatic rings. The summed E-state index contributed by atoms with van der Waals surface area (Å²) in [7, 11) is 1.82. The van der Waals surface area contributed by atoms with E-state index >= 15 is 0 Å². The van der Waals surface area contributed by atoms with Crippen LogP contribution in [0.5, 0.6) is 11.6 Å². The van der Waals surface area contributed by atoms with Crippen LogP contribution in [-0.4, -0.2) is 9.78 Å². The Kier molecular flexibility index (Phi) is 3.68. The molecule has 2 rings (SSSR count). The first-order valence-electron chi connectivity index (χ1n) is 5.42. The monoisotopic (exact) mass is 305 g/mol. The lowest BCUT2D eigenvalue weighted by Crippen LogP contribution is -1.97. The Morgan fingerprint density at radius 2 is 2.17 bits per heavy atom. The van der Waals surface area contributed by atoms with E-state index in [0.717, 1.165) is 11.3 Å². The van der Waals surface area contributed by atoms with Gasteiger partial charge in [0.05, 0.1) is 11.3 Å². The van der Waals surface area contributed by atoms with Crippen molar-refractivity contribution in [2.24, 2.45) is 7.05 Å². The van der Waals surface area contributed by atoms with Gasteiger partial charge in [0.2, 0.25) is 5.88 Å². The number of nitrogens with zero attached hydrogens (tertiary/aromatic N) is 3. The van der Waals surface area contributed by atoms with Crippen molar-refractivity contribution in [3.63, 3.8) is 0 Å². The molecular formula is C13H12BrN3O. The number of aromatic nitrogens is 2. The molecule has 1 aromatic heterocycles. The zero-order chi connectivity index (χ0) is 13.1. The lowest BCUT2D eigenvalue weighted by Gasteiger charge is -2.08. The molecule has 18 heavy (non-hydrogen) atoms. The third-order valence-corrected chi connectivity index (χ3v) is 3.20. The average molecular weight is 306 g/mol. The van der Waals surface area contributed by atoms with Crippen molar-refractivity contribution in [3.05, 3.63) is 41.1 Å². The summed E-state index contributed by atoms with van der Waals surface area (Å²) >= 11 is 3.42. The number of halogens is 1. The fraction of sp³-hybridized carbons (Fsp3) is 0.231. The van der Waals surface area contributed by atoms with Crippen LogP contribution in [0, 0.1) is 18.3 Å². The Morgan fingerprint density at radius 1 is 1.44 bits per heavy atom. The summed E-state index contributed by atoms with van der Waals surface area (Å²) in [4.78, 5) is 0. The number of rotatable bonds is 3. The Morgan fingerprint density at radius 3 is 2.83 bits per heavy atom. The van der Waals surface area contributed by atoms with Crippen LogP contribution in [0.3, 0.4) is 0 Å². The van der Waals surface area contributed by atoms with E-state index in [-0.39, 0.29) is 0 Å². The molecule has 0 N–H and O–H groups in total. The van der Waals surface area contributed by atoms with Crippen LogP contribution in [0.15, 0.2) is 24.3 Å². The number of hydrogen-bond acceptors (Lipinski definition) is 3. The third-order valence-electron chi connectivity index (χ3n) is 2.64. The number of alkyl halides is 1. The second-order valence-corrected chi connectivity index (χ2v) is 4.40. The molecule has 0 aliphatic rings. The van der Waals surface area contributed by atoms with Crippen LogP contribution in [0.2, 0.25) is 0 Å². The molecule has 0 aliphatic heterocycles. The highest BCUT2D eigenvalue weighted by Gasteiger charge is 2.15. The maximum absolute atomic E-state index is 9.04. The zero-order valence-electron chi connectivity index (χ0n) is 10.1. The summed E-state index contributed by atoms with van der Waals surface area (Å²) in [5, 5.41) is 14.0. The van der Waals surface area contributed by atoms with E-state index in [1.165, 1.54) is 0 Å². The van der Waals surface area contributed by atoms with Crippen molar-refractivity contribution in [2.45, 2.75) is 12.3 Å². The maximum atomic E-state index is 9.04. The van der Waals surface area contributed by atoms with E-state index in [2.05, 4.69) is 27.1 Å². The molecule has 0 amide bonds. The number of aryl methyl sites for hydroxylation is 2. The normalized spacial score (nSPS) is 10.1. The van der Waals surface area contributed by atoms with Crippen LogP contribution < -0.4 is 4.74 Å².